The summed E-state index contributed by atoms with van der Waals surface area (Å²) in [6.45, 7) is 7.46. The van der Waals surface area contributed by atoms with E-state index in [4.69, 9.17) is 0 Å². The Morgan fingerprint density at radius 3 is 2.26 bits per heavy atom. The number of carbonyl (C=O) groups is 2. The molecule has 1 aliphatic rings. The summed E-state index contributed by atoms with van der Waals surface area (Å²) in [6, 6.07) is 2.90. The largest absolute Gasteiger partial charge is 0.465 e. The number of rotatable bonds is 4. The average molecular weight is 319 g/mol. The second-order valence-corrected chi connectivity index (χ2v) is 7.08. The van der Waals surface area contributed by atoms with E-state index in [0.29, 0.717) is 13.1 Å². The van der Waals surface area contributed by atoms with Crippen LogP contribution in [-0.4, -0.2) is 46.1 Å². The molecule has 0 radical (unpaired) electrons. The fraction of sp³-hybridized carbons (Fsp3) is 0.588. The Morgan fingerprint density at radius 2 is 1.78 bits per heavy atom. The standard InChI is InChI=1S/C17H25N3O3/c1-17(2,3)13(12-6-8-18-9-7-12)14(19-16(22)23)15(21)20-10-4-5-11-20/h6-9,13-14,19H,4-5,10-11H2,1-3H3,(H,22,23)/t13-,14?/m1/s1. The van der Waals surface area contributed by atoms with Gasteiger partial charge in [-0.1, -0.05) is 20.8 Å². The van der Waals surface area contributed by atoms with Crippen LogP contribution in [0, 0.1) is 5.41 Å². The highest BCUT2D eigenvalue weighted by Gasteiger charge is 2.41. The second-order valence-electron chi connectivity index (χ2n) is 7.08. The van der Waals surface area contributed by atoms with Gasteiger partial charge in [0, 0.05) is 31.4 Å². The van der Waals surface area contributed by atoms with Crippen molar-refractivity contribution in [3.8, 4) is 0 Å². The highest BCUT2D eigenvalue weighted by Crippen LogP contribution is 2.38. The topological polar surface area (TPSA) is 82.5 Å². The van der Waals surface area contributed by atoms with Gasteiger partial charge in [0.25, 0.3) is 0 Å². The minimum absolute atomic E-state index is 0.137. The lowest BCUT2D eigenvalue weighted by atomic mass is 9.72. The first-order valence-corrected chi connectivity index (χ1v) is 7.99. The van der Waals surface area contributed by atoms with Crippen LogP contribution >= 0.6 is 0 Å². The summed E-state index contributed by atoms with van der Waals surface area (Å²) in [5, 5.41) is 11.7. The van der Waals surface area contributed by atoms with Crippen molar-refractivity contribution in [3.05, 3.63) is 30.1 Å². The third-order valence-corrected chi connectivity index (χ3v) is 4.29. The van der Waals surface area contributed by atoms with Crippen LogP contribution in [0.5, 0.6) is 0 Å². The Morgan fingerprint density at radius 1 is 1.22 bits per heavy atom. The molecule has 1 saturated heterocycles. The van der Waals surface area contributed by atoms with E-state index in [2.05, 4.69) is 10.3 Å². The summed E-state index contributed by atoms with van der Waals surface area (Å²) in [5.41, 5.74) is 0.628. The van der Waals surface area contributed by atoms with Crippen molar-refractivity contribution in [3.63, 3.8) is 0 Å². The summed E-state index contributed by atoms with van der Waals surface area (Å²) in [5.74, 6) is -0.406. The molecule has 0 bridgehead atoms. The molecule has 1 unspecified atom stereocenters. The van der Waals surface area contributed by atoms with Gasteiger partial charge in [-0.05, 0) is 36.0 Å². The van der Waals surface area contributed by atoms with E-state index in [-0.39, 0.29) is 17.2 Å². The van der Waals surface area contributed by atoms with E-state index in [9.17, 15) is 14.7 Å². The molecule has 0 aromatic carbocycles. The molecule has 2 rings (SSSR count). The molecule has 6 nitrogen and oxygen atoms in total. The predicted molar refractivity (Wildman–Crippen MR) is 87.2 cm³/mol. The Balaban J connectivity index is 2.39. The molecular formula is C17H25N3O3. The molecule has 2 atom stereocenters. The lowest BCUT2D eigenvalue weighted by molar-refractivity contribution is -0.133. The fourth-order valence-corrected chi connectivity index (χ4v) is 3.32. The van der Waals surface area contributed by atoms with Gasteiger partial charge in [-0.3, -0.25) is 9.78 Å². The van der Waals surface area contributed by atoms with Gasteiger partial charge < -0.3 is 15.3 Å². The van der Waals surface area contributed by atoms with Crippen LogP contribution in [-0.2, 0) is 4.79 Å². The Hall–Kier alpha value is -2.11. The quantitative estimate of drug-likeness (QED) is 0.893. The van der Waals surface area contributed by atoms with Gasteiger partial charge >= 0.3 is 6.09 Å². The second kappa shape index (κ2) is 6.98. The summed E-state index contributed by atoms with van der Waals surface area (Å²) in [6.07, 6.45) is 4.12. The van der Waals surface area contributed by atoms with Gasteiger partial charge in [0.15, 0.2) is 0 Å². The maximum atomic E-state index is 12.9. The van der Waals surface area contributed by atoms with Crippen molar-refractivity contribution >= 4 is 12.0 Å². The zero-order valence-electron chi connectivity index (χ0n) is 14.0. The monoisotopic (exact) mass is 319 g/mol. The van der Waals surface area contributed by atoms with Crippen LogP contribution in [0.15, 0.2) is 24.5 Å². The smallest absolute Gasteiger partial charge is 0.405 e. The van der Waals surface area contributed by atoms with E-state index >= 15 is 0 Å². The number of nitrogens with one attached hydrogen (secondary N) is 1. The number of hydrogen-bond donors (Lipinski definition) is 2. The fourth-order valence-electron chi connectivity index (χ4n) is 3.32. The molecule has 1 aromatic rings. The molecule has 1 fully saturated rings. The summed E-state index contributed by atoms with van der Waals surface area (Å²) < 4.78 is 0. The van der Waals surface area contributed by atoms with Crippen LogP contribution in [0.2, 0.25) is 0 Å². The van der Waals surface area contributed by atoms with Crippen molar-refractivity contribution in [2.45, 2.75) is 45.6 Å². The van der Waals surface area contributed by atoms with Crippen LogP contribution in [0.25, 0.3) is 0 Å². The number of carboxylic acid groups (broad SMARTS) is 1. The molecule has 0 spiro atoms. The number of aromatic nitrogens is 1. The van der Waals surface area contributed by atoms with Crippen molar-refractivity contribution in [2.75, 3.05) is 13.1 Å². The lowest BCUT2D eigenvalue weighted by Crippen LogP contribution is -2.53. The van der Waals surface area contributed by atoms with Gasteiger partial charge in [-0.25, -0.2) is 4.79 Å². The van der Waals surface area contributed by atoms with Gasteiger partial charge in [0.05, 0.1) is 0 Å². The number of amides is 2. The van der Waals surface area contributed by atoms with Crippen LogP contribution in [0.1, 0.15) is 45.1 Å². The Labute approximate surface area is 136 Å². The van der Waals surface area contributed by atoms with Crippen LogP contribution < -0.4 is 5.32 Å². The zero-order chi connectivity index (χ0) is 17.0. The van der Waals surface area contributed by atoms with E-state index in [0.717, 1.165) is 18.4 Å². The van der Waals surface area contributed by atoms with Crippen molar-refractivity contribution < 1.29 is 14.7 Å². The molecule has 2 amide bonds. The maximum absolute atomic E-state index is 12.9. The van der Waals surface area contributed by atoms with E-state index in [1.54, 1.807) is 17.3 Å². The summed E-state index contributed by atoms with van der Waals surface area (Å²) >= 11 is 0. The summed E-state index contributed by atoms with van der Waals surface area (Å²) in [4.78, 5) is 30.0. The van der Waals surface area contributed by atoms with E-state index < -0.39 is 12.1 Å². The number of carbonyl (C=O) groups excluding carboxylic acids is 1. The van der Waals surface area contributed by atoms with Crippen molar-refractivity contribution in [2.24, 2.45) is 5.41 Å². The first-order valence-electron chi connectivity index (χ1n) is 7.99. The van der Waals surface area contributed by atoms with Crippen molar-refractivity contribution in [1.82, 2.24) is 15.2 Å². The molecule has 2 heterocycles. The molecular weight excluding hydrogens is 294 g/mol. The molecule has 1 aliphatic heterocycles. The van der Waals surface area contributed by atoms with Gasteiger partial charge in [0.2, 0.25) is 5.91 Å². The third-order valence-electron chi connectivity index (χ3n) is 4.29. The number of nitrogens with zero attached hydrogens (tertiary/aromatic N) is 2. The minimum Gasteiger partial charge on any atom is -0.465 e. The minimum atomic E-state index is -1.18. The average Bonchev–Trinajstić information content (AvgIpc) is 2.99. The molecule has 126 valence electrons. The van der Waals surface area contributed by atoms with E-state index in [1.165, 1.54) is 0 Å². The number of pyridine rings is 1. The molecule has 0 saturated carbocycles. The van der Waals surface area contributed by atoms with Gasteiger partial charge in [-0.2, -0.15) is 0 Å². The Kier molecular flexibility index (Phi) is 5.23. The number of hydrogen-bond acceptors (Lipinski definition) is 3. The Bertz CT molecular complexity index is 548. The number of likely N-dealkylation sites (tertiary alicyclic amines) is 1. The molecule has 23 heavy (non-hydrogen) atoms. The zero-order valence-corrected chi connectivity index (χ0v) is 14.0. The lowest BCUT2D eigenvalue weighted by Gasteiger charge is -2.38. The van der Waals surface area contributed by atoms with Crippen LogP contribution in [0.4, 0.5) is 4.79 Å². The molecule has 6 heteroatoms. The third kappa shape index (κ3) is 4.21. The van der Waals surface area contributed by atoms with Crippen LogP contribution in [0.3, 0.4) is 0 Å². The summed E-state index contributed by atoms with van der Waals surface area (Å²) in [7, 11) is 0. The van der Waals surface area contributed by atoms with Crippen molar-refractivity contribution in [1.29, 1.82) is 0 Å². The molecule has 1 aromatic heterocycles. The first kappa shape index (κ1) is 17.2. The maximum Gasteiger partial charge on any atom is 0.405 e. The molecule has 2 N–H and O–H groups in total. The van der Waals surface area contributed by atoms with Gasteiger partial charge in [0.1, 0.15) is 6.04 Å². The highest BCUT2D eigenvalue weighted by molar-refractivity contribution is 5.86. The van der Waals surface area contributed by atoms with E-state index in [1.807, 2.05) is 32.9 Å². The highest BCUT2D eigenvalue weighted by atomic mass is 16.4. The SMILES string of the molecule is CC(C)(C)[C@H](c1ccncc1)C(NC(=O)O)C(=O)N1CCCC1. The normalized spacial score (nSPS) is 17.6. The predicted octanol–water partition coefficient (Wildman–Crippen LogP) is 2.47. The first-order chi connectivity index (χ1) is 10.8. The van der Waals surface area contributed by atoms with Gasteiger partial charge in [-0.15, -0.1) is 0 Å². The molecule has 0 aliphatic carbocycles.